The molecule has 1 heterocycles. The molecular weight excluding hydrogens is 226 g/mol. The first-order chi connectivity index (χ1) is 8.81. The van der Waals surface area contributed by atoms with Gasteiger partial charge in [0.05, 0.1) is 18.4 Å². The largest absolute Gasteiger partial charge is 0.372 e. The van der Waals surface area contributed by atoms with Gasteiger partial charge in [-0.05, 0) is 30.9 Å². The Labute approximate surface area is 109 Å². The van der Waals surface area contributed by atoms with Crippen molar-refractivity contribution in [2.75, 3.05) is 5.43 Å². The number of aromatic nitrogens is 1. The first-order valence-corrected chi connectivity index (χ1v) is 6.86. The van der Waals surface area contributed by atoms with Gasteiger partial charge in [0.1, 0.15) is 5.82 Å². The second-order valence-corrected chi connectivity index (χ2v) is 5.03. The van der Waals surface area contributed by atoms with Crippen LogP contribution in [0.1, 0.15) is 44.7 Å². The van der Waals surface area contributed by atoms with Gasteiger partial charge in [-0.15, -0.1) is 0 Å². The fourth-order valence-corrected chi connectivity index (χ4v) is 2.61. The number of nitrogens with two attached hydrogens (primary N) is 1. The van der Waals surface area contributed by atoms with Gasteiger partial charge < -0.3 is 10.2 Å². The number of ether oxygens (including phenoxy) is 1. The molecule has 0 amide bonds. The number of pyridine rings is 1. The molecule has 2 atom stereocenters. The van der Waals surface area contributed by atoms with Gasteiger partial charge in [0.15, 0.2) is 0 Å². The van der Waals surface area contributed by atoms with Crippen LogP contribution in [0.15, 0.2) is 18.2 Å². The van der Waals surface area contributed by atoms with Gasteiger partial charge in [0.2, 0.25) is 0 Å². The molecule has 18 heavy (non-hydrogen) atoms. The molecule has 0 aliphatic heterocycles. The molecule has 4 nitrogen and oxygen atoms in total. The quantitative estimate of drug-likeness (QED) is 0.622. The normalized spacial score (nSPS) is 23.9. The van der Waals surface area contributed by atoms with Crippen molar-refractivity contribution in [2.45, 2.75) is 51.7 Å². The average Bonchev–Trinajstić information content (AvgIpc) is 2.45. The number of nitrogens with zero attached hydrogens (tertiary/aromatic N) is 1. The second-order valence-electron chi connectivity index (χ2n) is 5.03. The van der Waals surface area contributed by atoms with Crippen LogP contribution in [0.25, 0.3) is 0 Å². The van der Waals surface area contributed by atoms with Crippen molar-refractivity contribution < 1.29 is 4.74 Å². The second kappa shape index (κ2) is 6.71. The van der Waals surface area contributed by atoms with E-state index in [4.69, 9.17) is 10.6 Å². The standard InChI is InChI=1S/C14H23N3O/c1-2-11-5-3-7-13(9-11)18-10-12-6-4-8-14(16-12)17-15/h4,6,8,11,13H,2-3,5,7,9-10,15H2,1H3,(H,16,17). The van der Waals surface area contributed by atoms with Crippen molar-refractivity contribution in [1.29, 1.82) is 0 Å². The highest BCUT2D eigenvalue weighted by atomic mass is 16.5. The molecule has 4 heteroatoms. The topological polar surface area (TPSA) is 60.2 Å². The van der Waals surface area contributed by atoms with Gasteiger partial charge in [-0.2, -0.15) is 0 Å². The molecule has 1 aliphatic rings. The average molecular weight is 249 g/mol. The molecule has 0 aromatic carbocycles. The third-order valence-electron chi connectivity index (χ3n) is 3.73. The van der Waals surface area contributed by atoms with Crippen molar-refractivity contribution in [3.05, 3.63) is 23.9 Å². The molecular formula is C14H23N3O. The Kier molecular flexibility index (Phi) is 4.96. The van der Waals surface area contributed by atoms with E-state index < -0.39 is 0 Å². The van der Waals surface area contributed by atoms with Crippen LogP contribution in [0.3, 0.4) is 0 Å². The summed E-state index contributed by atoms with van der Waals surface area (Å²) in [5.41, 5.74) is 3.49. The smallest absolute Gasteiger partial charge is 0.140 e. The molecule has 1 aromatic heterocycles. The first-order valence-electron chi connectivity index (χ1n) is 6.86. The number of hydrogen-bond donors (Lipinski definition) is 2. The lowest BCUT2D eigenvalue weighted by Gasteiger charge is -2.28. The third-order valence-corrected chi connectivity index (χ3v) is 3.73. The molecule has 0 saturated heterocycles. The molecule has 1 aromatic rings. The Morgan fingerprint density at radius 1 is 1.44 bits per heavy atom. The minimum Gasteiger partial charge on any atom is -0.372 e. The van der Waals surface area contributed by atoms with Crippen LogP contribution in [0.5, 0.6) is 0 Å². The zero-order valence-electron chi connectivity index (χ0n) is 11.1. The molecule has 0 radical (unpaired) electrons. The van der Waals surface area contributed by atoms with E-state index in [1.54, 1.807) is 0 Å². The highest BCUT2D eigenvalue weighted by Crippen LogP contribution is 2.28. The summed E-state index contributed by atoms with van der Waals surface area (Å²) in [6.45, 7) is 2.85. The van der Waals surface area contributed by atoms with Crippen molar-refractivity contribution in [1.82, 2.24) is 4.98 Å². The predicted molar refractivity (Wildman–Crippen MR) is 72.9 cm³/mol. The summed E-state index contributed by atoms with van der Waals surface area (Å²) in [5.74, 6) is 6.87. The highest BCUT2D eigenvalue weighted by molar-refractivity contribution is 5.33. The maximum absolute atomic E-state index is 5.97. The number of hydrogen-bond acceptors (Lipinski definition) is 4. The molecule has 100 valence electrons. The maximum Gasteiger partial charge on any atom is 0.140 e. The number of nitrogen functional groups attached to an aromatic ring is 1. The van der Waals surface area contributed by atoms with Gasteiger partial charge in [-0.1, -0.05) is 32.3 Å². The molecule has 2 unspecified atom stereocenters. The number of rotatable bonds is 5. The molecule has 3 N–H and O–H groups in total. The van der Waals surface area contributed by atoms with Gasteiger partial charge in [0, 0.05) is 0 Å². The summed E-state index contributed by atoms with van der Waals surface area (Å²) in [5, 5.41) is 0. The van der Waals surface area contributed by atoms with E-state index in [9.17, 15) is 0 Å². The summed E-state index contributed by atoms with van der Waals surface area (Å²) in [7, 11) is 0. The van der Waals surface area contributed by atoms with E-state index in [2.05, 4.69) is 17.3 Å². The van der Waals surface area contributed by atoms with E-state index in [0.29, 0.717) is 18.5 Å². The van der Waals surface area contributed by atoms with Crippen LogP contribution in [-0.2, 0) is 11.3 Å². The van der Waals surface area contributed by atoms with Gasteiger partial charge in [-0.3, -0.25) is 0 Å². The predicted octanol–water partition coefficient (Wildman–Crippen LogP) is 2.85. The number of anilines is 1. The molecule has 0 spiro atoms. The summed E-state index contributed by atoms with van der Waals surface area (Å²) in [6.07, 6.45) is 6.71. The van der Waals surface area contributed by atoms with Crippen molar-refractivity contribution in [3.63, 3.8) is 0 Å². The third kappa shape index (κ3) is 3.68. The van der Waals surface area contributed by atoms with Crippen LogP contribution in [0.2, 0.25) is 0 Å². The van der Waals surface area contributed by atoms with Crippen LogP contribution >= 0.6 is 0 Å². The lowest BCUT2D eigenvalue weighted by molar-refractivity contribution is 0.000393. The molecule has 1 saturated carbocycles. The van der Waals surface area contributed by atoms with Gasteiger partial charge in [-0.25, -0.2) is 10.8 Å². The molecule has 2 rings (SSSR count). The Morgan fingerprint density at radius 3 is 3.11 bits per heavy atom. The summed E-state index contributed by atoms with van der Waals surface area (Å²) in [4.78, 5) is 4.35. The van der Waals surface area contributed by atoms with E-state index in [1.165, 1.54) is 32.1 Å². The lowest BCUT2D eigenvalue weighted by Crippen LogP contribution is -2.22. The molecule has 1 aliphatic carbocycles. The van der Waals surface area contributed by atoms with Crippen LogP contribution < -0.4 is 11.3 Å². The van der Waals surface area contributed by atoms with E-state index in [-0.39, 0.29) is 0 Å². The minimum absolute atomic E-state index is 0.403. The summed E-state index contributed by atoms with van der Waals surface area (Å²) < 4.78 is 5.97. The van der Waals surface area contributed by atoms with Crippen LogP contribution in [-0.4, -0.2) is 11.1 Å². The fraction of sp³-hybridized carbons (Fsp3) is 0.643. The highest BCUT2D eigenvalue weighted by Gasteiger charge is 2.21. The molecule has 1 fully saturated rings. The fourth-order valence-electron chi connectivity index (χ4n) is 2.61. The van der Waals surface area contributed by atoms with E-state index in [0.717, 1.165) is 11.6 Å². The summed E-state index contributed by atoms with van der Waals surface area (Å²) in [6, 6.07) is 5.76. The Hall–Kier alpha value is -1.13. The van der Waals surface area contributed by atoms with Crippen molar-refractivity contribution >= 4 is 5.82 Å². The lowest BCUT2D eigenvalue weighted by atomic mass is 9.85. The Morgan fingerprint density at radius 2 is 2.33 bits per heavy atom. The van der Waals surface area contributed by atoms with E-state index in [1.807, 2.05) is 18.2 Å². The maximum atomic E-state index is 5.97. The van der Waals surface area contributed by atoms with Crippen molar-refractivity contribution in [3.8, 4) is 0 Å². The first kappa shape index (κ1) is 13.3. The van der Waals surface area contributed by atoms with Gasteiger partial charge >= 0.3 is 0 Å². The summed E-state index contributed by atoms with van der Waals surface area (Å²) >= 11 is 0. The van der Waals surface area contributed by atoms with Gasteiger partial charge in [0.25, 0.3) is 0 Å². The molecule has 0 bridgehead atoms. The van der Waals surface area contributed by atoms with E-state index >= 15 is 0 Å². The Bertz CT molecular complexity index is 370. The monoisotopic (exact) mass is 249 g/mol. The Balaban J connectivity index is 1.83. The van der Waals surface area contributed by atoms with Crippen LogP contribution in [0.4, 0.5) is 5.82 Å². The van der Waals surface area contributed by atoms with Crippen molar-refractivity contribution in [2.24, 2.45) is 11.8 Å². The zero-order chi connectivity index (χ0) is 12.8. The minimum atomic E-state index is 0.403. The zero-order valence-corrected chi connectivity index (χ0v) is 11.1. The SMILES string of the molecule is CCC1CCCC(OCc2cccc(NN)n2)C1. The number of hydrazine groups is 1. The van der Waals surface area contributed by atoms with Crippen LogP contribution in [0, 0.1) is 5.92 Å². The number of nitrogens with one attached hydrogen (secondary N) is 1.